The molecule has 0 aliphatic carbocycles. The predicted octanol–water partition coefficient (Wildman–Crippen LogP) is 1.36. The molecular weight excluding hydrogens is 268 g/mol. The van der Waals surface area contributed by atoms with E-state index in [0.29, 0.717) is 30.9 Å². The maximum Gasteiger partial charge on any atom is 0.272 e. The maximum atomic E-state index is 12.5. The number of hydrogen-bond donors (Lipinski definition) is 3. The summed E-state index contributed by atoms with van der Waals surface area (Å²) in [5.74, 6) is 5.38. The number of aromatic nitrogens is 1. The molecule has 6 heteroatoms. The van der Waals surface area contributed by atoms with Crippen LogP contribution in [0.5, 0.6) is 0 Å². The largest absolute Gasteiger partial charge is 0.396 e. The maximum absolute atomic E-state index is 12.5. The molecule has 4 N–H and O–H groups in total. The minimum absolute atomic E-state index is 0.0601. The summed E-state index contributed by atoms with van der Waals surface area (Å²) in [6.45, 7) is 3.04. The molecule has 1 amide bonds. The molecular formula is C15H20N4O2. The van der Waals surface area contributed by atoms with Gasteiger partial charge in [-0.25, -0.2) is 4.98 Å². The minimum Gasteiger partial charge on any atom is -0.396 e. The highest BCUT2D eigenvalue weighted by Crippen LogP contribution is 2.22. The number of nitrogens with one attached hydrogen (secondary N) is 1. The quantitative estimate of drug-likeness (QED) is 0.551. The number of hydrogen-bond acceptors (Lipinski definition) is 5. The summed E-state index contributed by atoms with van der Waals surface area (Å²) in [4.78, 5) is 18.6. The van der Waals surface area contributed by atoms with Gasteiger partial charge in [0.15, 0.2) is 0 Å². The van der Waals surface area contributed by atoms with Crippen molar-refractivity contribution in [3.05, 3.63) is 36.0 Å². The highest BCUT2D eigenvalue weighted by molar-refractivity contribution is 5.99. The zero-order valence-corrected chi connectivity index (χ0v) is 12.0. The number of pyridine rings is 1. The number of aliphatic hydroxyl groups excluding tert-OH is 1. The fraction of sp³-hybridized carbons (Fsp3) is 0.333. The lowest BCUT2D eigenvalue weighted by Crippen LogP contribution is -2.33. The van der Waals surface area contributed by atoms with E-state index < -0.39 is 0 Å². The lowest BCUT2D eigenvalue weighted by molar-refractivity contribution is 0.0749. The van der Waals surface area contributed by atoms with Gasteiger partial charge in [0.05, 0.1) is 11.2 Å². The van der Waals surface area contributed by atoms with Crippen molar-refractivity contribution < 1.29 is 9.90 Å². The number of carbonyl (C=O) groups is 1. The van der Waals surface area contributed by atoms with Crippen LogP contribution < -0.4 is 11.3 Å². The summed E-state index contributed by atoms with van der Waals surface area (Å²) >= 11 is 0. The van der Waals surface area contributed by atoms with Crippen LogP contribution in [0.4, 0.5) is 5.69 Å². The fourth-order valence-corrected chi connectivity index (χ4v) is 2.23. The highest BCUT2D eigenvalue weighted by Gasteiger charge is 2.17. The SMILES string of the molecule is CCN(CCCO)C(=O)c1cc(NN)c2ccccc2n1. The molecule has 0 fully saturated rings. The first-order valence-electron chi connectivity index (χ1n) is 6.97. The van der Waals surface area contributed by atoms with Gasteiger partial charge in [-0.05, 0) is 25.5 Å². The van der Waals surface area contributed by atoms with Gasteiger partial charge in [0.2, 0.25) is 0 Å². The summed E-state index contributed by atoms with van der Waals surface area (Å²) in [6, 6.07) is 9.16. The first-order valence-corrected chi connectivity index (χ1v) is 6.97. The van der Waals surface area contributed by atoms with E-state index in [9.17, 15) is 4.79 Å². The standard InChI is InChI=1S/C15H20N4O2/c1-2-19(8-5-9-20)15(21)14-10-13(18-16)11-6-3-4-7-12(11)17-14/h3-4,6-7,10,20H,2,5,8-9,16H2,1H3,(H,17,18). The zero-order chi connectivity index (χ0) is 15.2. The summed E-state index contributed by atoms with van der Waals surface area (Å²) in [5.41, 5.74) is 4.35. The van der Waals surface area contributed by atoms with Gasteiger partial charge < -0.3 is 15.4 Å². The lowest BCUT2D eigenvalue weighted by atomic mass is 10.1. The van der Waals surface area contributed by atoms with Crippen molar-refractivity contribution >= 4 is 22.5 Å². The summed E-state index contributed by atoms with van der Waals surface area (Å²) in [7, 11) is 0. The van der Waals surface area contributed by atoms with Crippen LogP contribution in [0.15, 0.2) is 30.3 Å². The number of nitrogen functional groups attached to an aromatic ring is 1. The molecule has 21 heavy (non-hydrogen) atoms. The van der Waals surface area contributed by atoms with Gasteiger partial charge in [-0.2, -0.15) is 0 Å². The van der Waals surface area contributed by atoms with Gasteiger partial charge >= 0.3 is 0 Å². The fourth-order valence-electron chi connectivity index (χ4n) is 2.23. The number of nitrogens with zero attached hydrogens (tertiary/aromatic N) is 2. The molecule has 6 nitrogen and oxygen atoms in total. The van der Waals surface area contributed by atoms with Crippen LogP contribution in [0.1, 0.15) is 23.8 Å². The number of aliphatic hydroxyl groups is 1. The molecule has 0 aliphatic rings. The molecule has 0 saturated carbocycles. The van der Waals surface area contributed by atoms with Crippen LogP contribution >= 0.6 is 0 Å². The molecule has 1 aromatic heterocycles. The van der Waals surface area contributed by atoms with Crippen molar-refractivity contribution in [3.8, 4) is 0 Å². The van der Waals surface area contributed by atoms with Gasteiger partial charge in [0.25, 0.3) is 5.91 Å². The van der Waals surface area contributed by atoms with E-state index in [1.807, 2.05) is 31.2 Å². The number of anilines is 1. The molecule has 0 radical (unpaired) electrons. The highest BCUT2D eigenvalue weighted by atomic mass is 16.3. The predicted molar refractivity (Wildman–Crippen MR) is 82.8 cm³/mol. The second-order valence-electron chi connectivity index (χ2n) is 4.68. The van der Waals surface area contributed by atoms with Crippen molar-refractivity contribution in [3.63, 3.8) is 0 Å². The second-order valence-corrected chi connectivity index (χ2v) is 4.68. The summed E-state index contributed by atoms with van der Waals surface area (Å²) in [5, 5.41) is 9.78. The Kier molecular flexibility index (Phi) is 5.08. The smallest absolute Gasteiger partial charge is 0.272 e. The number of hydrazine groups is 1. The molecule has 0 saturated heterocycles. The van der Waals surface area contributed by atoms with E-state index in [1.54, 1.807) is 11.0 Å². The average molecular weight is 288 g/mol. The molecule has 0 aliphatic heterocycles. The molecule has 0 bridgehead atoms. The topological polar surface area (TPSA) is 91.5 Å². The van der Waals surface area contributed by atoms with Crippen molar-refractivity contribution in [1.82, 2.24) is 9.88 Å². The van der Waals surface area contributed by atoms with Gasteiger partial charge in [0, 0.05) is 25.1 Å². The molecule has 0 spiro atoms. The lowest BCUT2D eigenvalue weighted by Gasteiger charge is -2.20. The number of para-hydroxylation sites is 1. The Hall–Kier alpha value is -2.18. The third kappa shape index (κ3) is 3.29. The van der Waals surface area contributed by atoms with Crippen LogP contribution in [0.3, 0.4) is 0 Å². The number of carbonyl (C=O) groups excluding carboxylic acids is 1. The number of amides is 1. The second kappa shape index (κ2) is 7.01. The molecule has 2 rings (SSSR count). The average Bonchev–Trinajstić information content (AvgIpc) is 2.54. The molecule has 2 aromatic rings. The Morgan fingerprint density at radius 1 is 1.43 bits per heavy atom. The summed E-state index contributed by atoms with van der Waals surface area (Å²) < 4.78 is 0. The van der Waals surface area contributed by atoms with Gasteiger partial charge in [-0.15, -0.1) is 0 Å². The number of rotatable bonds is 6. The van der Waals surface area contributed by atoms with E-state index in [2.05, 4.69) is 10.4 Å². The Labute approximate surface area is 123 Å². The molecule has 1 heterocycles. The molecule has 0 unspecified atom stereocenters. The Balaban J connectivity index is 2.38. The number of fused-ring (bicyclic) bond motifs is 1. The normalized spacial score (nSPS) is 10.6. The molecule has 1 aromatic carbocycles. The van der Waals surface area contributed by atoms with Crippen LogP contribution in [0.2, 0.25) is 0 Å². The van der Waals surface area contributed by atoms with Crippen molar-refractivity contribution in [2.45, 2.75) is 13.3 Å². The van der Waals surface area contributed by atoms with E-state index in [-0.39, 0.29) is 12.5 Å². The Morgan fingerprint density at radius 2 is 2.19 bits per heavy atom. The first-order chi connectivity index (χ1) is 10.2. The van der Waals surface area contributed by atoms with E-state index in [1.165, 1.54) is 0 Å². The van der Waals surface area contributed by atoms with E-state index >= 15 is 0 Å². The third-order valence-corrected chi connectivity index (χ3v) is 3.35. The number of benzene rings is 1. The van der Waals surface area contributed by atoms with Gasteiger partial charge in [-0.1, -0.05) is 18.2 Å². The van der Waals surface area contributed by atoms with E-state index in [0.717, 1.165) is 10.9 Å². The summed E-state index contributed by atoms with van der Waals surface area (Å²) in [6.07, 6.45) is 0.551. The monoisotopic (exact) mass is 288 g/mol. The van der Waals surface area contributed by atoms with Gasteiger partial charge in [0.1, 0.15) is 5.69 Å². The van der Waals surface area contributed by atoms with E-state index in [4.69, 9.17) is 10.9 Å². The first kappa shape index (κ1) is 15.2. The molecule has 112 valence electrons. The minimum atomic E-state index is -0.159. The van der Waals surface area contributed by atoms with Crippen LogP contribution in [-0.4, -0.2) is 40.6 Å². The van der Waals surface area contributed by atoms with Crippen molar-refractivity contribution in [2.24, 2.45) is 5.84 Å². The Morgan fingerprint density at radius 3 is 2.86 bits per heavy atom. The molecule has 0 atom stereocenters. The van der Waals surface area contributed by atoms with Crippen LogP contribution in [-0.2, 0) is 0 Å². The van der Waals surface area contributed by atoms with Gasteiger partial charge in [-0.3, -0.25) is 10.6 Å². The number of nitrogens with two attached hydrogens (primary N) is 1. The van der Waals surface area contributed by atoms with Crippen molar-refractivity contribution in [1.29, 1.82) is 0 Å². The van der Waals surface area contributed by atoms with Crippen LogP contribution in [0, 0.1) is 0 Å². The third-order valence-electron chi connectivity index (χ3n) is 3.35. The van der Waals surface area contributed by atoms with Crippen LogP contribution in [0.25, 0.3) is 10.9 Å². The van der Waals surface area contributed by atoms with Crippen molar-refractivity contribution in [2.75, 3.05) is 25.1 Å². The Bertz CT molecular complexity index is 630. The zero-order valence-electron chi connectivity index (χ0n) is 12.0.